The predicted octanol–water partition coefficient (Wildman–Crippen LogP) is 4.15. The van der Waals surface area contributed by atoms with E-state index in [-0.39, 0.29) is 11.3 Å². The van der Waals surface area contributed by atoms with Crippen LogP contribution in [0.15, 0.2) is 30.3 Å². The van der Waals surface area contributed by atoms with Crippen LogP contribution in [-0.2, 0) is 6.61 Å². The lowest BCUT2D eigenvalue weighted by atomic mass is 10.1. The zero-order valence-corrected chi connectivity index (χ0v) is 12.3. The van der Waals surface area contributed by atoms with E-state index in [1.165, 1.54) is 18.2 Å². The van der Waals surface area contributed by atoms with Gasteiger partial charge in [0.05, 0.1) is 17.1 Å². The van der Waals surface area contributed by atoms with Gasteiger partial charge in [-0.05, 0) is 49.2 Å². The Kier molecular flexibility index (Phi) is 4.45. The molecular weight excluding hydrogens is 294 g/mol. The summed E-state index contributed by atoms with van der Waals surface area (Å²) >= 11 is 5.96. The molecule has 2 rings (SSSR count). The van der Waals surface area contributed by atoms with Gasteiger partial charge in [0, 0.05) is 11.1 Å². The number of aliphatic hydroxyl groups excluding tert-OH is 1. The van der Waals surface area contributed by atoms with Crippen LogP contribution < -0.4 is 4.74 Å². The average molecular weight is 308 g/mol. The van der Waals surface area contributed by atoms with Gasteiger partial charge in [0.15, 0.2) is 0 Å². The minimum atomic E-state index is -0.534. The van der Waals surface area contributed by atoms with Crippen molar-refractivity contribution in [3.05, 3.63) is 62.2 Å². The first-order valence-corrected chi connectivity index (χ1v) is 6.63. The van der Waals surface area contributed by atoms with E-state index in [1.54, 1.807) is 12.1 Å². The molecule has 0 aliphatic rings. The summed E-state index contributed by atoms with van der Waals surface area (Å²) < 4.78 is 5.78. The molecule has 0 saturated heterocycles. The highest BCUT2D eigenvalue weighted by Gasteiger charge is 2.15. The minimum Gasteiger partial charge on any atom is -0.457 e. The molecule has 5 nitrogen and oxygen atoms in total. The van der Waals surface area contributed by atoms with Crippen LogP contribution in [0, 0.1) is 24.0 Å². The average Bonchev–Trinajstić information content (AvgIpc) is 2.42. The zero-order valence-electron chi connectivity index (χ0n) is 11.6. The molecule has 0 fully saturated rings. The summed E-state index contributed by atoms with van der Waals surface area (Å²) in [4.78, 5) is 10.3. The SMILES string of the molecule is Cc1cc(Cl)cc(C)c1Oc1ccc([N+](=O)[O-])c(CO)c1. The lowest BCUT2D eigenvalue weighted by Crippen LogP contribution is -1.97. The third-order valence-corrected chi connectivity index (χ3v) is 3.28. The number of aliphatic hydroxyl groups is 1. The quantitative estimate of drug-likeness (QED) is 0.680. The molecule has 2 aromatic rings. The molecule has 0 amide bonds. The van der Waals surface area contributed by atoms with Crippen LogP contribution in [-0.4, -0.2) is 10.0 Å². The molecule has 0 heterocycles. The molecule has 0 atom stereocenters. The first-order chi connectivity index (χ1) is 9.92. The number of hydrogen-bond donors (Lipinski definition) is 1. The van der Waals surface area contributed by atoms with Gasteiger partial charge in [-0.3, -0.25) is 10.1 Å². The van der Waals surface area contributed by atoms with Gasteiger partial charge in [-0.2, -0.15) is 0 Å². The summed E-state index contributed by atoms with van der Waals surface area (Å²) in [5.41, 5.74) is 1.81. The molecule has 21 heavy (non-hydrogen) atoms. The first kappa shape index (κ1) is 15.3. The van der Waals surface area contributed by atoms with Crippen LogP contribution in [0.25, 0.3) is 0 Å². The van der Waals surface area contributed by atoms with Crippen LogP contribution in [0.1, 0.15) is 16.7 Å². The Morgan fingerprint density at radius 2 is 1.86 bits per heavy atom. The summed E-state index contributed by atoms with van der Waals surface area (Å²) in [6.07, 6.45) is 0. The van der Waals surface area contributed by atoms with Gasteiger partial charge in [0.25, 0.3) is 5.69 Å². The van der Waals surface area contributed by atoms with E-state index in [0.717, 1.165) is 11.1 Å². The number of nitro groups is 1. The van der Waals surface area contributed by atoms with Crippen molar-refractivity contribution < 1.29 is 14.8 Å². The smallest absolute Gasteiger partial charge is 0.275 e. The number of halogens is 1. The Balaban J connectivity index is 2.39. The highest BCUT2D eigenvalue weighted by molar-refractivity contribution is 6.30. The normalized spacial score (nSPS) is 10.5. The van der Waals surface area contributed by atoms with Crippen LogP contribution >= 0.6 is 11.6 Å². The number of aryl methyl sites for hydroxylation is 2. The van der Waals surface area contributed by atoms with Gasteiger partial charge in [-0.25, -0.2) is 0 Å². The fraction of sp³-hybridized carbons (Fsp3) is 0.200. The highest BCUT2D eigenvalue weighted by Crippen LogP contribution is 2.33. The third kappa shape index (κ3) is 3.32. The van der Waals surface area contributed by atoms with Crippen molar-refractivity contribution in [2.45, 2.75) is 20.5 Å². The Morgan fingerprint density at radius 1 is 1.24 bits per heavy atom. The van der Waals surface area contributed by atoms with Crippen molar-refractivity contribution in [1.82, 2.24) is 0 Å². The molecule has 1 N–H and O–H groups in total. The lowest BCUT2D eigenvalue weighted by molar-refractivity contribution is -0.385. The number of benzene rings is 2. The predicted molar refractivity (Wildman–Crippen MR) is 80.0 cm³/mol. The molecule has 0 aliphatic heterocycles. The number of hydrogen-bond acceptors (Lipinski definition) is 4. The van der Waals surface area contributed by atoms with Crippen molar-refractivity contribution >= 4 is 17.3 Å². The van der Waals surface area contributed by atoms with E-state index in [2.05, 4.69) is 0 Å². The second kappa shape index (κ2) is 6.11. The van der Waals surface area contributed by atoms with E-state index in [9.17, 15) is 15.2 Å². The van der Waals surface area contributed by atoms with Crippen LogP contribution in [0.5, 0.6) is 11.5 Å². The van der Waals surface area contributed by atoms with Crippen LogP contribution in [0.3, 0.4) is 0 Å². The summed E-state index contributed by atoms with van der Waals surface area (Å²) in [6.45, 7) is 3.31. The Hall–Kier alpha value is -2.11. The number of ether oxygens (including phenoxy) is 1. The molecule has 0 bridgehead atoms. The summed E-state index contributed by atoms with van der Waals surface area (Å²) in [5.74, 6) is 1.08. The maximum absolute atomic E-state index is 10.8. The Morgan fingerprint density at radius 3 is 2.38 bits per heavy atom. The van der Waals surface area contributed by atoms with Gasteiger partial charge in [-0.1, -0.05) is 11.6 Å². The molecule has 6 heteroatoms. The van der Waals surface area contributed by atoms with Crippen LogP contribution in [0.2, 0.25) is 5.02 Å². The standard InChI is InChI=1S/C15H14ClNO4/c1-9-5-12(16)6-10(2)15(9)21-13-3-4-14(17(19)20)11(7-13)8-18/h3-7,18H,8H2,1-2H3. The van der Waals surface area contributed by atoms with Gasteiger partial charge in [-0.15, -0.1) is 0 Å². The molecule has 0 radical (unpaired) electrons. The molecule has 2 aromatic carbocycles. The van der Waals surface area contributed by atoms with E-state index in [1.807, 2.05) is 13.8 Å². The lowest BCUT2D eigenvalue weighted by Gasteiger charge is -2.13. The first-order valence-electron chi connectivity index (χ1n) is 6.25. The molecular formula is C15H14ClNO4. The molecule has 0 aliphatic carbocycles. The van der Waals surface area contributed by atoms with Gasteiger partial charge >= 0.3 is 0 Å². The molecule has 0 saturated carbocycles. The van der Waals surface area contributed by atoms with Gasteiger partial charge < -0.3 is 9.84 Å². The summed E-state index contributed by atoms with van der Waals surface area (Å²) in [7, 11) is 0. The maximum Gasteiger partial charge on any atom is 0.275 e. The van der Waals surface area contributed by atoms with Crippen molar-refractivity contribution in [1.29, 1.82) is 0 Å². The van der Waals surface area contributed by atoms with Crippen molar-refractivity contribution in [2.24, 2.45) is 0 Å². The fourth-order valence-corrected chi connectivity index (χ4v) is 2.43. The van der Waals surface area contributed by atoms with Gasteiger partial charge in [0.1, 0.15) is 11.5 Å². The number of nitro benzene ring substituents is 1. The van der Waals surface area contributed by atoms with Crippen molar-refractivity contribution in [3.8, 4) is 11.5 Å². The zero-order chi connectivity index (χ0) is 15.6. The topological polar surface area (TPSA) is 72.6 Å². The monoisotopic (exact) mass is 307 g/mol. The Labute approximate surface area is 126 Å². The van der Waals surface area contributed by atoms with E-state index in [4.69, 9.17) is 16.3 Å². The number of nitrogens with zero attached hydrogens (tertiary/aromatic N) is 1. The third-order valence-electron chi connectivity index (χ3n) is 3.06. The van der Waals surface area contributed by atoms with E-state index >= 15 is 0 Å². The highest BCUT2D eigenvalue weighted by atomic mass is 35.5. The fourth-order valence-electron chi connectivity index (χ4n) is 2.11. The second-order valence-electron chi connectivity index (χ2n) is 4.68. The Bertz CT molecular complexity index is 677. The molecule has 0 spiro atoms. The minimum absolute atomic E-state index is 0.130. The number of rotatable bonds is 4. The maximum atomic E-state index is 10.8. The van der Waals surface area contributed by atoms with Crippen molar-refractivity contribution in [3.63, 3.8) is 0 Å². The van der Waals surface area contributed by atoms with E-state index < -0.39 is 11.5 Å². The largest absolute Gasteiger partial charge is 0.457 e. The summed E-state index contributed by atoms with van der Waals surface area (Å²) in [6, 6.07) is 7.85. The summed E-state index contributed by atoms with van der Waals surface area (Å²) in [5, 5.41) is 20.7. The van der Waals surface area contributed by atoms with Gasteiger partial charge in [0.2, 0.25) is 0 Å². The van der Waals surface area contributed by atoms with Crippen molar-refractivity contribution in [2.75, 3.05) is 0 Å². The van der Waals surface area contributed by atoms with E-state index in [0.29, 0.717) is 16.5 Å². The molecule has 0 aromatic heterocycles. The molecule has 110 valence electrons. The van der Waals surface area contributed by atoms with Crippen LogP contribution in [0.4, 0.5) is 5.69 Å². The second-order valence-corrected chi connectivity index (χ2v) is 5.11. The molecule has 0 unspecified atom stereocenters.